The van der Waals surface area contributed by atoms with Crippen molar-refractivity contribution >= 4 is 75.6 Å². The fourth-order valence-electron chi connectivity index (χ4n) is 3.51. The Bertz CT molecular complexity index is 1450. The first kappa shape index (κ1) is 27.2. The predicted octanol–water partition coefficient (Wildman–Crippen LogP) is 6.25. The standard InChI is InChI=1S/C27H20Cl3N3O5/c1-2-13-38-27(37)16-5-10-19(11-6-16)32-24(34)15-3-8-18(9-4-15)31-23-22(30)25(35)33(26(23)36)21-12-7-17(28)14-20(21)29/h3-12,14,31H,2,13H2,1H3,(H,32,34). The molecule has 3 aromatic carbocycles. The van der Waals surface area contributed by atoms with Gasteiger partial charge in [0, 0.05) is 22.0 Å². The van der Waals surface area contributed by atoms with E-state index in [9.17, 15) is 19.2 Å². The molecule has 4 rings (SSSR count). The molecule has 0 spiro atoms. The van der Waals surface area contributed by atoms with Crippen LogP contribution in [0.25, 0.3) is 0 Å². The van der Waals surface area contributed by atoms with Crippen molar-refractivity contribution in [3.05, 3.63) is 98.6 Å². The van der Waals surface area contributed by atoms with Gasteiger partial charge in [-0.15, -0.1) is 0 Å². The summed E-state index contributed by atoms with van der Waals surface area (Å²) in [6.07, 6.45) is 0.726. The third-order valence-electron chi connectivity index (χ3n) is 5.41. The van der Waals surface area contributed by atoms with Crippen molar-refractivity contribution in [3.63, 3.8) is 0 Å². The van der Waals surface area contributed by atoms with Crippen LogP contribution in [0.15, 0.2) is 77.5 Å². The molecular formula is C27H20Cl3N3O5. The quantitative estimate of drug-likeness (QED) is 0.244. The second-order valence-electron chi connectivity index (χ2n) is 8.10. The SMILES string of the molecule is CCCOC(=O)c1ccc(NC(=O)c2ccc(NC3=C(Cl)C(=O)N(c4ccc(Cl)cc4Cl)C3=O)cc2)cc1. The number of nitrogens with zero attached hydrogens (tertiary/aromatic N) is 1. The van der Waals surface area contributed by atoms with Crippen molar-refractivity contribution in [1.82, 2.24) is 0 Å². The van der Waals surface area contributed by atoms with Crippen LogP contribution in [0.2, 0.25) is 10.0 Å². The summed E-state index contributed by atoms with van der Waals surface area (Å²) in [5, 5.41) is 5.75. The number of amides is 3. The Balaban J connectivity index is 1.41. The first-order valence-corrected chi connectivity index (χ1v) is 12.5. The van der Waals surface area contributed by atoms with E-state index in [1.165, 1.54) is 30.3 Å². The second kappa shape index (κ2) is 11.7. The van der Waals surface area contributed by atoms with Crippen LogP contribution in [0.4, 0.5) is 17.1 Å². The maximum absolute atomic E-state index is 13.0. The molecule has 0 bridgehead atoms. The van der Waals surface area contributed by atoms with E-state index >= 15 is 0 Å². The van der Waals surface area contributed by atoms with E-state index in [0.717, 1.165) is 11.3 Å². The third-order valence-corrected chi connectivity index (χ3v) is 6.30. The van der Waals surface area contributed by atoms with Crippen molar-refractivity contribution in [1.29, 1.82) is 0 Å². The number of ether oxygens (including phenoxy) is 1. The van der Waals surface area contributed by atoms with Crippen molar-refractivity contribution in [2.45, 2.75) is 13.3 Å². The van der Waals surface area contributed by atoms with E-state index in [-0.39, 0.29) is 27.3 Å². The summed E-state index contributed by atoms with van der Waals surface area (Å²) in [6.45, 7) is 2.24. The summed E-state index contributed by atoms with van der Waals surface area (Å²) in [6, 6.07) is 16.9. The Morgan fingerprint density at radius 2 is 1.47 bits per heavy atom. The van der Waals surface area contributed by atoms with Crippen LogP contribution in [-0.4, -0.2) is 30.3 Å². The number of esters is 1. The molecule has 0 saturated heterocycles. The smallest absolute Gasteiger partial charge is 0.338 e. The van der Waals surface area contributed by atoms with E-state index < -0.39 is 17.8 Å². The monoisotopic (exact) mass is 571 g/mol. The predicted molar refractivity (Wildman–Crippen MR) is 147 cm³/mol. The third kappa shape index (κ3) is 5.83. The molecule has 0 radical (unpaired) electrons. The van der Waals surface area contributed by atoms with Gasteiger partial charge in [0.15, 0.2) is 0 Å². The number of carbonyl (C=O) groups is 4. The summed E-state index contributed by atoms with van der Waals surface area (Å²) in [5.41, 5.74) is 1.67. The van der Waals surface area contributed by atoms with Crippen LogP contribution in [0.3, 0.4) is 0 Å². The highest BCUT2D eigenvalue weighted by Gasteiger charge is 2.39. The molecule has 11 heteroatoms. The van der Waals surface area contributed by atoms with Crippen molar-refractivity contribution < 1.29 is 23.9 Å². The lowest BCUT2D eigenvalue weighted by molar-refractivity contribution is -0.120. The molecular weight excluding hydrogens is 553 g/mol. The van der Waals surface area contributed by atoms with Crippen molar-refractivity contribution in [3.8, 4) is 0 Å². The van der Waals surface area contributed by atoms with Crippen LogP contribution in [0.5, 0.6) is 0 Å². The molecule has 1 aliphatic heterocycles. The Kier molecular flexibility index (Phi) is 8.36. The topological polar surface area (TPSA) is 105 Å². The zero-order valence-corrected chi connectivity index (χ0v) is 22.2. The number of rotatable bonds is 8. The highest BCUT2D eigenvalue weighted by atomic mass is 35.5. The van der Waals surface area contributed by atoms with E-state index in [4.69, 9.17) is 39.5 Å². The molecule has 3 aromatic rings. The molecule has 1 heterocycles. The number of hydrogen-bond donors (Lipinski definition) is 2. The van der Waals surface area contributed by atoms with Gasteiger partial charge in [-0.05, 0) is 73.2 Å². The molecule has 2 N–H and O–H groups in total. The average molecular weight is 573 g/mol. The minimum Gasteiger partial charge on any atom is -0.462 e. The van der Waals surface area contributed by atoms with Crippen LogP contribution >= 0.6 is 34.8 Å². The van der Waals surface area contributed by atoms with E-state index in [0.29, 0.717) is 34.1 Å². The molecule has 8 nitrogen and oxygen atoms in total. The van der Waals surface area contributed by atoms with E-state index in [2.05, 4.69) is 10.6 Å². The Labute approximate surface area is 233 Å². The second-order valence-corrected chi connectivity index (χ2v) is 9.32. The van der Waals surface area contributed by atoms with Crippen molar-refractivity contribution in [2.24, 2.45) is 0 Å². The van der Waals surface area contributed by atoms with Gasteiger partial charge in [0.25, 0.3) is 17.7 Å². The minimum absolute atomic E-state index is 0.117. The summed E-state index contributed by atoms with van der Waals surface area (Å²) < 4.78 is 5.09. The van der Waals surface area contributed by atoms with Crippen LogP contribution in [0, 0.1) is 0 Å². The number of carbonyl (C=O) groups excluding carboxylic acids is 4. The molecule has 194 valence electrons. The lowest BCUT2D eigenvalue weighted by Gasteiger charge is -2.16. The first-order valence-electron chi connectivity index (χ1n) is 11.4. The Morgan fingerprint density at radius 3 is 2.11 bits per heavy atom. The zero-order chi connectivity index (χ0) is 27.4. The molecule has 0 unspecified atom stereocenters. The number of halogens is 3. The largest absolute Gasteiger partial charge is 0.462 e. The van der Waals surface area contributed by atoms with Gasteiger partial charge in [0.1, 0.15) is 10.7 Å². The maximum atomic E-state index is 13.0. The zero-order valence-electron chi connectivity index (χ0n) is 19.9. The number of imide groups is 1. The normalized spacial score (nSPS) is 13.1. The fourth-order valence-corrected chi connectivity index (χ4v) is 4.22. The Morgan fingerprint density at radius 1 is 0.842 bits per heavy atom. The molecule has 1 aliphatic rings. The van der Waals surface area contributed by atoms with E-state index in [1.54, 1.807) is 36.4 Å². The molecule has 0 atom stereocenters. The maximum Gasteiger partial charge on any atom is 0.338 e. The van der Waals surface area contributed by atoms with Crippen LogP contribution < -0.4 is 15.5 Å². The number of anilines is 3. The van der Waals surface area contributed by atoms with Gasteiger partial charge >= 0.3 is 5.97 Å². The lowest BCUT2D eigenvalue weighted by atomic mass is 10.1. The molecule has 38 heavy (non-hydrogen) atoms. The summed E-state index contributed by atoms with van der Waals surface area (Å²) >= 11 is 18.2. The number of nitrogens with one attached hydrogen (secondary N) is 2. The molecule has 0 aromatic heterocycles. The minimum atomic E-state index is -0.732. The van der Waals surface area contributed by atoms with Gasteiger partial charge < -0.3 is 15.4 Å². The molecule has 0 aliphatic carbocycles. The van der Waals surface area contributed by atoms with Gasteiger partial charge in [-0.1, -0.05) is 41.7 Å². The first-order chi connectivity index (χ1) is 18.2. The molecule has 3 amide bonds. The highest BCUT2D eigenvalue weighted by Crippen LogP contribution is 2.35. The highest BCUT2D eigenvalue weighted by molar-refractivity contribution is 6.54. The average Bonchev–Trinajstić information content (AvgIpc) is 3.11. The fraction of sp³-hybridized carbons (Fsp3) is 0.111. The lowest BCUT2D eigenvalue weighted by Crippen LogP contribution is -2.32. The Hall–Kier alpha value is -3.85. The van der Waals surface area contributed by atoms with Gasteiger partial charge in [-0.3, -0.25) is 14.4 Å². The molecule has 0 saturated carbocycles. The molecule has 0 fully saturated rings. The number of hydrogen-bond acceptors (Lipinski definition) is 6. The summed E-state index contributed by atoms with van der Waals surface area (Å²) in [4.78, 5) is 51.1. The number of benzene rings is 3. The summed E-state index contributed by atoms with van der Waals surface area (Å²) in [7, 11) is 0. The van der Waals surface area contributed by atoms with E-state index in [1.807, 2.05) is 6.92 Å². The van der Waals surface area contributed by atoms with Gasteiger partial charge in [-0.2, -0.15) is 0 Å². The van der Waals surface area contributed by atoms with Gasteiger partial charge in [0.05, 0.1) is 22.9 Å². The van der Waals surface area contributed by atoms with Gasteiger partial charge in [-0.25, -0.2) is 9.69 Å². The van der Waals surface area contributed by atoms with Crippen molar-refractivity contribution in [2.75, 3.05) is 22.1 Å². The van der Waals surface area contributed by atoms with Crippen LogP contribution in [-0.2, 0) is 14.3 Å². The summed E-state index contributed by atoms with van der Waals surface area (Å²) in [5.74, 6) is -2.23. The van der Waals surface area contributed by atoms with Crippen LogP contribution in [0.1, 0.15) is 34.1 Å². The van der Waals surface area contributed by atoms with Gasteiger partial charge in [0.2, 0.25) is 0 Å².